The second kappa shape index (κ2) is 6.09. The van der Waals surface area contributed by atoms with Crippen LogP contribution in [0, 0.1) is 0 Å². The van der Waals surface area contributed by atoms with Gasteiger partial charge >= 0.3 is 0 Å². The van der Waals surface area contributed by atoms with E-state index in [9.17, 15) is 25.2 Å². The molecule has 2 aromatic carbocycles. The number of benzene rings is 2. The van der Waals surface area contributed by atoms with Crippen LogP contribution in [0.3, 0.4) is 0 Å². The van der Waals surface area contributed by atoms with E-state index in [1.54, 1.807) is 12.1 Å². The predicted octanol–water partition coefficient (Wildman–Crippen LogP) is 2.41. The van der Waals surface area contributed by atoms with Crippen LogP contribution in [-0.2, 0) is 0 Å². The first-order valence-corrected chi connectivity index (χ1v) is 6.27. The summed E-state index contributed by atoms with van der Waals surface area (Å²) in [6.07, 6.45) is 2.51. The summed E-state index contributed by atoms with van der Waals surface area (Å²) in [6.45, 7) is 0. The van der Waals surface area contributed by atoms with E-state index < -0.39 is 23.0 Å². The van der Waals surface area contributed by atoms with Gasteiger partial charge in [-0.1, -0.05) is 6.07 Å². The molecule has 0 aliphatic heterocycles. The Kier molecular flexibility index (Phi) is 4.22. The molecule has 0 saturated heterocycles. The first-order chi connectivity index (χ1) is 10.4. The van der Waals surface area contributed by atoms with Crippen LogP contribution in [0.2, 0.25) is 0 Å². The fourth-order valence-electron chi connectivity index (χ4n) is 1.88. The number of aromatic hydroxyl groups is 4. The molecule has 0 saturated carbocycles. The number of hydrogen-bond acceptors (Lipinski definition) is 6. The Bertz CT molecular complexity index is 725. The Labute approximate surface area is 126 Å². The van der Waals surface area contributed by atoms with Gasteiger partial charge in [-0.15, -0.1) is 0 Å². The van der Waals surface area contributed by atoms with Gasteiger partial charge in [0, 0.05) is 5.56 Å². The van der Waals surface area contributed by atoms with Gasteiger partial charge in [0.25, 0.3) is 0 Å². The van der Waals surface area contributed by atoms with Gasteiger partial charge in [0.1, 0.15) is 11.5 Å². The molecular formula is C16H14O6. The highest BCUT2D eigenvalue weighted by molar-refractivity contribution is 6.07. The average Bonchev–Trinajstić information content (AvgIpc) is 2.50. The molecule has 0 radical (unpaired) electrons. The van der Waals surface area contributed by atoms with Gasteiger partial charge in [0.05, 0.1) is 12.7 Å². The molecule has 6 heteroatoms. The lowest BCUT2D eigenvalue weighted by atomic mass is 10.1. The maximum Gasteiger partial charge on any atom is 0.200 e. The van der Waals surface area contributed by atoms with Gasteiger partial charge < -0.3 is 25.2 Å². The fraction of sp³-hybridized carbons (Fsp3) is 0.0625. The standard InChI is InChI=1S/C16H14O6/c1-22-15-4-2-3-12(18)10(15)5-6-11(17)9-7-13(19)16(21)14(20)8-9/h2-8,18-21H,1H3/b6-5+. The minimum Gasteiger partial charge on any atom is -0.507 e. The summed E-state index contributed by atoms with van der Waals surface area (Å²) in [5.74, 6) is -2.09. The van der Waals surface area contributed by atoms with Crippen molar-refractivity contribution < 1.29 is 30.0 Å². The Hall–Kier alpha value is -3.15. The molecule has 0 spiro atoms. The number of rotatable bonds is 4. The van der Waals surface area contributed by atoms with Gasteiger partial charge in [-0.2, -0.15) is 0 Å². The first-order valence-electron chi connectivity index (χ1n) is 6.27. The minimum atomic E-state index is -0.692. The second-order valence-electron chi connectivity index (χ2n) is 4.45. The maximum atomic E-state index is 12.0. The average molecular weight is 302 g/mol. The molecule has 6 nitrogen and oxygen atoms in total. The van der Waals surface area contributed by atoms with E-state index >= 15 is 0 Å². The van der Waals surface area contributed by atoms with E-state index in [-0.39, 0.29) is 11.3 Å². The maximum absolute atomic E-state index is 12.0. The summed E-state index contributed by atoms with van der Waals surface area (Å²) in [5.41, 5.74) is 0.309. The molecule has 0 aromatic heterocycles. The van der Waals surface area contributed by atoms with Gasteiger partial charge in [-0.25, -0.2) is 0 Å². The first kappa shape index (κ1) is 15.2. The molecule has 0 aliphatic carbocycles. The zero-order valence-corrected chi connectivity index (χ0v) is 11.6. The zero-order chi connectivity index (χ0) is 16.3. The highest BCUT2D eigenvalue weighted by Gasteiger charge is 2.12. The van der Waals surface area contributed by atoms with Crippen LogP contribution in [-0.4, -0.2) is 33.3 Å². The number of carbonyl (C=O) groups is 1. The number of ketones is 1. The number of phenols is 4. The van der Waals surface area contributed by atoms with E-state index in [1.165, 1.54) is 19.3 Å². The molecule has 22 heavy (non-hydrogen) atoms. The van der Waals surface area contributed by atoms with Crippen molar-refractivity contribution in [1.82, 2.24) is 0 Å². The number of hydrogen-bond donors (Lipinski definition) is 4. The SMILES string of the molecule is COc1cccc(O)c1/C=C/C(=O)c1cc(O)c(O)c(O)c1. The smallest absolute Gasteiger partial charge is 0.200 e. The summed E-state index contributed by atoms with van der Waals surface area (Å²) in [6, 6.07) is 6.74. The number of carbonyl (C=O) groups excluding carboxylic acids is 1. The lowest BCUT2D eigenvalue weighted by Gasteiger charge is -2.06. The highest BCUT2D eigenvalue weighted by atomic mass is 16.5. The number of phenolic OH excluding ortho intramolecular Hbond substituents is 4. The van der Waals surface area contributed by atoms with Crippen LogP contribution in [0.1, 0.15) is 15.9 Å². The fourth-order valence-corrected chi connectivity index (χ4v) is 1.88. The van der Waals surface area contributed by atoms with Gasteiger partial charge in [0.15, 0.2) is 23.0 Å². The number of ether oxygens (including phenoxy) is 1. The van der Waals surface area contributed by atoms with Crippen LogP contribution < -0.4 is 4.74 Å². The van der Waals surface area contributed by atoms with Crippen LogP contribution in [0.25, 0.3) is 6.08 Å². The Morgan fingerprint density at radius 3 is 2.27 bits per heavy atom. The molecule has 0 fully saturated rings. The largest absolute Gasteiger partial charge is 0.507 e. The molecule has 0 heterocycles. The van der Waals surface area contributed by atoms with E-state index in [0.29, 0.717) is 11.3 Å². The summed E-state index contributed by atoms with van der Waals surface area (Å²) in [5, 5.41) is 37.8. The summed E-state index contributed by atoms with van der Waals surface area (Å²) in [7, 11) is 1.43. The van der Waals surface area contributed by atoms with E-state index in [0.717, 1.165) is 18.2 Å². The molecule has 0 amide bonds. The molecule has 0 unspecified atom stereocenters. The third-order valence-corrected chi connectivity index (χ3v) is 3.02. The summed E-state index contributed by atoms with van der Waals surface area (Å²) < 4.78 is 5.08. The lowest BCUT2D eigenvalue weighted by molar-refractivity contribution is 0.104. The summed E-state index contributed by atoms with van der Waals surface area (Å²) in [4.78, 5) is 12.0. The van der Waals surface area contributed by atoms with Crippen molar-refractivity contribution in [3.63, 3.8) is 0 Å². The lowest BCUT2D eigenvalue weighted by Crippen LogP contribution is -1.94. The van der Waals surface area contributed by atoms with Gasteiger partial charge in [-0.3, -0.25) is 4.79 Å². The molecule has 0 aliphatic rings. The van der Waals surface area contributed by atoms with Crippen molar-refractivity contribution >= 4 is 11.9 Å². The molecule has 2 rings (SSSR count). The monoisotopic (exact) mass is 302 g/mol. The third kappa shape index (κ3) is 2.95. The van der Waals surface area contributed by atoms with Gasteiger partial charge in [-0.05, 0) is 36.4 Å². The quantitative estimate of drug-likeness (QED) is 0.392. The van der Waals surface area contributed by atoms with Gasteiger partial charge in [0.2, 0.25) is 0 Å². The topological polar surface area (TPSA) is 107 Å². The second-order valence-corrected chi connectivity index (χ2v) is 4.45. The molecule has 0 atom stereocenters. The van der Waals surface area contributed by atoms with Crippen LogP contribution in [0.4, 0.5) is 0 Å². The molecular weight excluding hydrogens is 288 g/mol. The number of methoxy groups -OCH3 is 1. The minimum absolute atomic E-state index is 0.0153. The van der Waals surface area contributed by atoms with E-state index in [1.807, 2.05) is 0 Å². The van der Waals surface area contributed by atoms with Crippen molar-refractivity contribution in [2.24, 2.45) is 0 Å². The normalized spacial score (nSPS) is 10.8. The van der Waals surface area contributed by atoms with Crippen molar-refractivity contribution in [1.29, 1.82) is 0 Å². The summed E-state index contributed by atoms with van der Waals surface area (Å²) >= 11 is 0. The van der Waals surface area contributed by atoms with Crippen molar-refractivity contribution in [2.75, 3.05) is 7.11 Å². The van der Waals surface area contributed by atoms with Crippen molar-refractivity contribution in [3.05, 3.63) is 47.5 Å². The van der Waals surface area contributed by atoms with Crippen LogP contribution >= 0.6 is 0 Å². The van der Waals surface area contributed by atoms with Crippen LogP contribution in [0.15, 0.2) is 36.4 Å². The highest BCUT2D eigenvalue weighted by Crippen LogP contribution is 2.35. The molecule has 114 valence electrons. The Morgan fingerprint density at radius 2 is 1.68 bits per heavy atom. The zero-order valence-electron chi connectivity index (χ0n) is 11.6. The predicted molar refractivity (Wildman–Crippen MR) is 79.5 cm³/mol. The van der Waals surface area contributed by atoms with E-state index in [4.69, 9.17) is 4.74 Å². The number of allylic oxidation sites excluding steroid dienone is 1. The van der Waals surface area contributed by atoms with Crippen molar-refractivity contribution in [3.8, 4) is 28.7 Å². The molecule has 2 aromatic rings. The van der Waals surface area contributed by atoms with Crippen molar-refractivity contribution in [2.45, 2.75) is 0 Å². The Morgan fingerprint density at radius 1 is 1.05 bits per heavy atom. The Balaban J connectivity index is 2.33. The molecule has 4 N–H and O–H groups in total. The van der Waals surface area contributed by atoms with E-state index in [2.05, 4.69) is 0 Å². The van der Waals surface area contributed by atoms with Crippen LogP contribution in [0.5, 0.6) is 28.7 Å². The third-order valence-electron chi connectivity index (χ3n) is 3.02. The molecule has 0 bridgehead atoms.